The molecular formula is C16H14N2O2. The molecule has 0 bridgehead atoms. The maximum absolute atomic E-state index is 11.1. The van der Waals surface area contributed by atoms with Crippen LogP contribution in [-0.2, 0) is 7.05 Å². The highest BCUT2D eigenvalue weighted by molar-refractivity contribution is 5.90. The summed E-state index contributed by atoms with van der Waals surface area (Å²) < 4.78 is 2.04. The van der Waals surface area contributed by atoms with E-state index >= 15 is 0 Å². The van der Waals surface area contributed by atoms with Crippen LogP contribution in [0.2, 0.25) is 0 Å². The number of aromatic nitrogens is 2. The van der Waals surface area contributed by atoms with Crippen molar-refractivity contribution in [3.63, 3.8) is 0 Å². The van der Waals surface area contributed by atoms with Crippen LogP contribution >= 0.6 is 0 Å². The molecule has 4 heteroatoms. The van der Waals surface area contributed by atoms with Crippen LogP contribution in [0.15, 0.2) is 42.6 Å². The number of carbonyl (C=O) groups is 1. The second-order valence-electron chi connectivity index (χ2n) is 4.89. The molecule has 20 heavy (non-hydrogen) atoms. The molecule has 1 aromatic carbocycles. The summed E-state index contributed by atoms with van der Waals surface area (Å²) in [6.45, 7) is 2.05. The number of hydrogen-bond acceptors (Lipinski definition) is 2. The van der Waals surface area contributed by atoms with Gasteiger partial charge in [0.25, 0.3) is 0 Å². The standard InChI is InChI=1S/C16H14N2O2/c1-10-3-4-11-9-15(18(2)14(11)7-10)13-8-12(16(19)20)5-6-17-13/h3-9H,1-2H3,(H,19,20). The Morgan fingerprint density at radius 2 is 2.00 bits per heavy atom. The molecule has 0 atom stereocenters. The van der Waals surface area contributed by atoms with Gasteiger partial charge in [-0.15, -0.1) is 0 Å². The first-order valence-corrected chi connectivity index (χ1v) is 6.32. The average molecular weight is 266 g/mol. The van der Waals surface area contributed by atoms with Crippen molar-refractivity contribution in [2.24, 2.45) is 7.05 Å². The Morgan fingerprint density at radius 3 is 2.75 bits per heavy atom. The Kier molecular flexibility index (Phi) is 2.79. The van der Waals surface area contributed by atoms with Crippen molar-refractivity contribution < 1.29 is 9.90 Å². The third-order valence-electron chi connectivity index (χ3n) is 3.47. The van der Waals surface area contributed by atoms with Crippen LogP contribution in [0.1, 0.15) is 15.9 Å². The van der Waals surface area contributed by atoms with E-state index in [0.29, 0.717) is 5.69 Å². The molecular weight excluding hydrogens is 252 g/mol. The first kappa shape index (κ1) is 12.4. The number of aryl methyl sites for hydroxylation is 2. The summed E-state index contributed by atoms with van der Waals surface area (Å²) in [6.07, 6.45) is 1.53. The molecule has 0 aliphatic rings. The zero-order valence-corrected chi connectivity index (χ0v) is 11.3. The van der Waals surface area contributed by atoms with Crippen LogP contribution in [0.4, 0.5) is 0 Å². The van der Waals surface area contributed by atoms with Gasteiger partial charge in [-0.1, -0.05) is 12.1 Å². The minimum atomic E-state index is -0.941. The van der Waals surface area contributed by atoms with Crippen molar-refractivity contribution >= 4 is 16.9 Å². The van der Waals surface area contributed by atoms with Crippen molar-refractivity contribution in [1.29, 1.82) is 0 Å². The third kappa shape index (κ3) is 1.95. The molecule has 3 aromatic rings. The van der Waals surface area contributed by atoms with E-state index in [1.54, 1.807) is 6.07 Å². The highest BCUT2D eigenvalue weighted by Crippen LogP contribution is 2.27. The van der Waals surface area contributed by atoms with Gasteiger partial charge in [-0.3, -0.25) is 4.98 Å². The predicted molar refractivity (Wildman–Crippen MR) is 77.8 cm³/mol. The Labute approximate surface area is 116 Å². The van der Waals surface area contributed by atoms with Gasteiger partial charge in [0.2, 0.25) is 0 Å². The lowest BCUT2D eigenvalue weighted by Crippen LogP contribution is -1.99. The van der Waals surface area contributed by atoms with E-state index in [1.165, 1.54) is 17.8 Å². The van der Waals surface area contributed by atoms with Crippen molar-refractivity contribution in [2.75, 3.05) is 0 Å². The fourth-order valence-electron chi connectivity index (χ4n) is 2.39. The van der Waals surface area contributed by atoms with Gasteiger partial charge in [0.05, 0.1) is 17.0 Å². The molecule has 2 heterocycles. The number of carboxylic acid groups (broad SMARTS) is 1. The number of hydrogen-bond donors (Lipinski definition) is 1. The Bertz CT molecular complexity index is 818. The minimum absolute atomic E-state index is 0.247. The minimum Gasteiger partial charge on any atom is -0.478 e. The van der Waals surface area contributed by atoms with Gasteiger partial charge in [0.1, 0.15) is 0 Å². The van der Waals surface area contributed by atoms with E-state index in [1.807, 2.05) is 17.7 Å². The molecule has 3 rings (SSSR count). The molecule has 0 aliphatic carbocycles. The summed E-state index contributed by atoms with van der Waals surface area (Å²) in [7, 11) is 1.96. The molecule has 0 spiro atoms. The Balaban J connectivity index is 2.22. The fourth-order valence-corrected chi connectivity index (χ4v) is 2.39. The molecule has 0 radical (unpaired) electrons. The second-order valence-corrected chi connectivity index (χ2v) is 4.89. The van der Waals surface area contributed by atoms with E-state index in [-0.39, 0.29) is 5.56 Å². The first-order chi connectivity index (χ1) is 9.56. The van der Waals surface area contributed by atoms with Gasteiger partial charge in [-0.2, -0.15) is 0 Å². The van der Waals surface area contributed by atoms with Crippen molar-refractivity contribution in [3.8, 4) is 11.4 Å². The maximum atomic E-state index is 11.1. The smallest absolute Gasteiger partial charge is 0.335 e. The average Bonchev–Trinajstić information content (AvgIpc) is 2.76. The lowest BCUT2D eigenvalue weighted by molar-refractivity contribution is 0.0697. The van der Waals surface area contributed by atoms with E-state index in [9.17, 15) is 4.79 Å². The zero-order valence-electron chi connectivity index (χ0n) is 11.3. The third-order valence-corrected chi connectivity index (χ3v) is 3.47. The second kappa shape index (κ2) is 4.49. The highest BCUT2D eigenvalue weighted by atomic mass is 16.4. The van der Waals surface area contributed by atoms with Gasteiger partial charge < -0.3 is 9.67 Å². The molecule has 0 saturated carbocycles. The summed E-state index contributed by atoms with van der Waals surface area (Å²) in [6, 6.07) is 11.4. The molecule has 0 unspecified atom stereocenters. The topological polar surface area (TPSA) is 55.1 Å². The number of benzene rings is 1. The van der Waals surface area contributed by atoms with Gasteiger partial charge in [-0.05, 0) is 36.8 Å². The van der Waals surface area contributed by atoms with Crippen LogP contribution in [0, 0.1) is 6.92 Å². The molecule has 2 aromatic heterocycles. The van der Waals surface area contributed by atoms with Gasteiger partial charge in [0, 0.05) is 24.1 Å². The molecule has 1 N–H and O–H groups in total. The van der Waals surface area contributed by atoms with Gasteiger partial charge >= 0.3 is 5.97 Å². The predicted octanol–water partition coefficient (Wildman–Crippen LogP) is 3.25. The molecule has 0 aliphatic heterocycles. The Morgan fingerprint density at radius 1 is 1.20 bits per heavy atom. The monoisotopic (exact) mass is 266 g/mol. The summed E-state index contributed by atoms with van der Waals surface area (Å²) in [5.74, 6) is -0.941. The molecule has 0 amide bonds. The van der Waals surface area contributed by atoms with Crippen LogP contribution in [0.5, 0.6) is 0 Å². The van der Waals surface area contributed by atoms with Crippen LogP contribution < -0.4 is 0 Å². The van der Waals surface area contributed by atoms with E-state index in [4.69, 9.17) is 5.11 Å². The van der Waals surface area contributed by atoms with Crippen LogP contribution in [-0.4, -0.2) is 20.6 Å². The summed E-state index contributed by atoms with van der Waals surface area (Å²) >= 11 is 0. The summed E-state index contributed by atoms with van der Waals surface area (Å²) in [5.41, 5.74) is 4.13. The molecule has 4 nitrogen and oxygen atoms in total. The quantitative estimate of drug-likeness (QED) is 0.774. The van der Waals surface area contributed by atoms with Crippen molar-refractivity contribution in [1.82, 2.24) is 9.55 Å². The number of nitrogens with zero attached hydrogens (tertiary/aromatic N) is 2. The van der Waals surface area contributed by atoms with Crippen LogP contribution in [0.25, 0.3) is 22.3 Å². The van der Waals surface area contributed by atoms with E-state index < -0.39 is 5.97 Å². The largest absolute Gasteiger partial charge is 0.478 e. The number of carboxylic acids is 1. The van der Waals surface area contributed by atoms with Crippen molar-refractivity contribution in [2.45, 2.75) is 6.92 Å². The maximum Gasteiger partial charge on any atom is 0.335 e. The number of aromatic carboxylic acids is 1. The SMILES string of the molecule is Cc1ccc2cc(-c3cc(C(=O)O)ccn3)n(C)c2c1. The lowest BCUT2D eigenvalue weighted by Gasteiger charge is -2.04. The Hall–Kier alpha value is -2.62. The highest BCUT2D eigenvalue weighted by Gasteiger charge is 2.11. The molecule has 100 valence electrons. The van der Waals surface area contributed by atoms with Gasteiger partial charge in [-0.25, -0.2) is 4.79 Å². The van der Waals surface area contributed by atoms with E-state index in [2.05, 4.69) is 30.1 Å². The normalized spacial score (nSPS) is 10.9. The van der Waals surface area contributed by atoms with E-state index in [0.717, 1.165) is 16.6 Å². The van der Waals surface area contributed by atoms with Crippen LogP contribution in [0.3, 0.4) is 0 Å². The van der Waals surface area contributed by atoms with Crippen molar-refractivity contribution in [3.05, 3.63) is 53.7 Å². The zero-order chi connectivity index (χ0) is 14.3. The summed E-state index contributed by atoms with van der Waals surface area (Å²) in [5, 5.41) is 10.2. The molecule has 0 saturated heterocycles. The van der Waals surface area contributed by atoms with Gasteiger partial charge in [0.15, 0.2) is 0 Å². The summed E-state index contributed by atoms with van der Waals surface area (Å²) in [4.78, 5) is 15.3. The lowest BCUT2D eigenvalue weighted by atomic mass is 10.1. The molecule has 0 fully saturated rings. The number of pyridine rings is 1. The number of fused-ring (bicyclic) bond motifs is 1. The number of rotatable bonds is 2. The first-order valence-electron chi connectivity index (χ1n) is 6.32. The fraction of sp³-hybridized carbons (Fsp3) is 0.125.